The maximum absolute atomic E-state index is 11.9. The largest absolute Gasteiger partial charge is 0.486 e. The summed E-state index contributed by atoms with van der Waals surface area (Å²) in [6.07, 6.45) is 0. The number of carbonyl (C=O) groups is 2. The maximum Gasteiger partial charge on any atom is 0.328 e. The van der Waals surface area contributed by atoms with Gasteiger partial charge in [-0.2, -0.15) is 0 Å². The van der Waals surface area contributed by atoms with E-state index in [9.17, 15) is 9.59 Å². The summed E-state index contributed by atoms with van der Waals surface area (Å²) in [4.78, 5) is 22.7. The number of benzene rings is 1. The molecule has 0 fully saturated rings. The fourth-order valence-corrected chi connectivity index (χ4v) is 1.93. The highest BCUT2D eigenvalue weighted by Gasteiger charge is 2.23. The highest BCUT2D eigenvalue weighted by Crippen LogP contribution is 2.38. The standard InChI is InChI=1S/C12H12ClNO6/c13-7-3-6(4-9-10(7)20-2-1-19-9)11(16)14-8(5-15)12(17)18/h3-4,8,15H,1-2,5H2,(H,14,16)(H,17,18)/t8-/m0/s1. The van der Waals surface area contributed by atoms with Crippen molar-refractivity contribution in [3.8, 4) is 11.5 Å². The van der Waals surface area contributed by atoms with Crippen molar-refractivity contribution < 1.29 is 29.3 Å². The number of halogens is 1. The summed E-state index contributed by atoms with van der Waals surface area (Å²) in [5.41, 5.74) is 0.124. The normalized spacial score (nSPS) is 14.5. The molecule has 0 saturated carbocycles. The summed E-state index contributed by atoms with van der Waals surface area (Å²) in [7, 11) is 0. The number of carboxylic acid groups (broad SMARTS) is 1. The number of carboxylic acids is 1. The molecule has 7 nitrogen and oxygen atoms in total. The molecule has 108 valence electrons. The molecule has 1 aromatic rings. The number of carbonyl (C=O) groups excluding carboxylic acids is 1. The number of hydrogen-bond donors (Lipinski definition) is 3. The van der Waals surface area contributed by atoms with E-state index in [1.807, 2.05) is 0 Å². The predicted octanol–water partition coefficient (Wildman–Crippen LogP) is 0.286. The Labute approximate surface area is 119 Å². The molecule has 3 N–H and O–H groups in total. The molecule has 1 atom stereocenters. The van der Waals surface area contributed by atoms with Crippen LogP contribution in [0.3, 0.4) is 0 Å². The van der Waals surface area contributed by atoms with Gasteiger partial charge < -0.3 is 25.0 Å². The molecule has 0 aromatic heterocycles. The van der Waals surface area contributed by atoms with Crippen molar-refractivity contribution in [2.45, 2.75) is 6.04 Å². The maximum atomic E-state index is 11.9. The first kappa shape index (κ1) is 14.4. The van der Waals surface area contributed by atoms with Gasteiger partial charge >= 0.3 is 5.97 Å². The highest BCUT2D eigenvalue weighted by molar-refractivity contribution is 6.32. The van der Waals surface area contributed by atoms with Gasteiger partial charge in [0.15, 0.2) is 17.5 Å². The van der Waals surface area contributed by atoms with Gasteiger partial charge in [-0.3, -0.25) is 4.79 Å². The molecule has 1 aromatic carbocycles. The lowest BCUT2D eigenvalue weighted by atomic mass is 10.1. The first-order valence-corrected chi connectivity index (χ1v) is 6.14. The topological polar surface area (TPSA) is 105 Å². The van der Waals surface area contributed by atoms with Gasteiger partial charge in [0.25, 0.3) is 5.91 Å². The lowest BCUT2D eigenvalue weighted by molar-refractivity contribution is -0.140. The zero-order chi connectivity index (χ0) is 14.7. The van der Waals surface area contributed by atoms with Crippen LogP contribution in [0.5, 0.6) is 11.5 Å². The van der Waals surface area contributed by atoms with Gasteiger partial charge in [-0.1, -0.05) is 11.6 Å². The average Bonchev–Trinajstić information content (AvgIpc) is 2.44. The number of aliphatic hydroxyl groups excluding tert-OH is 1. The molecule has 0 radical (unpaired) electrons. The van der Waals surface area contributed by atoms with Crippen molar-refractivity contribution in [3.05, 3.63) is 22.7 Å². The molecular formula is C12H12ClNO6. The number of ether oxygens (including phenoxy) is 2. The minimum absolute atomic E-state index is 0.124. The van der Waals surface area contributed by atoms with Gasteiger partial charge in [-0.15, -0.1) is 0 Å². The number of fused-ring (bicyclic) bond motifs is 1. The molecule has 0 bridgehead atoms. The van der Waals surface area contributed by atoms with Gasteiger partial charge in [0.2, 0.25) is 0 Å². The smallest absolute Gasteiger partial charge is 0.328 e. The van der Waals surface area contributed by atoms with E-state index < -0.39 is 24.5 Å². The summed E-state index contributed by atoms with van der Waals surface area (Å²) < 4.78 is 10.6. The number of aliphatic hydroxyl groups is 1. The Morgan fingerprint density at radius 3 is 2.70 bits per heavy atom. The predicted molar refractivity (Wildman–Crippen MR) is 68.4 cm³/mol. The van der Waals surface area contributed by atoms with Crippen molar-refractivity contribution in [1.29, 1.82) is 0 Å². The fourth-order valence-electron chi connectivity index (χ4n) is 1.67. The first-order valence-electron chi connectivity index (χ1n) is 5.76. The van der Waals surface area contributed by atoms with Crippen molar-refractivity contribution >= 4 is 23.5 Å². The summed E-state index contributed by atoms with van der Waals surface area (Å²) in [6, 6.07) is 1.38. The lowest BCUT2D eigenvalue weighted by Gasteiger charge is -2.20. The molecule has 8 heteroatoms. The second-order valence-corrected chi connectivity index (χ2v) is 4.44. The third-order valence-corrected chi connectivity index (χ3v) is 2.93. The molecule has 1 heterocycles. The molecule has 0 saturated heterocycles. The Morgan fingerprint density at radius 2 is 2.05 bits per heavy atom. The Kier molecular flexibility index (Phi) is 4.31. The summed E-state index contributed by atoms with van der Waals surface area (Å²) in [5, 5.41) is 20.0. The van der Waals surface area contributed by atoms with Gasteiger partial charge in [0.1, 0.15) is 13.2 Å². The molecule has 1 amide bonds. The van der Waals surface area contributed by atoms with Crippen LogP contribution in [-0.4, -0.2) is 48.0 Å². The number of aliphatic carboxylic acids is 1. The monoisotopic (exact) mass is 301 g/mol. The molecule has 2 rings (SSSR count). The molecule has 0 aliphatic carbocycles. The van der Waals surface area contributed by atoms with Crippen LogP contribution in [0.4, 0.5) is 0 Å². The number of nitrogens with one attached hydrogen (secondary N) is 1. The van der Waals surface area contributed by atoms with Crippen molar-refractivity contribution in [1.82, 2.24) is 5.32 Å². The average molecular weight is 302 g/mol. The van der Waals surface area contributed by atoms with E-state index in [1.165, 1.54) is 12.1 Å². The second kappa shape index (κ2) is 5.98. The van der Waals surface area contributed by atoms with Crippen LogP contribution in [0.15, 0.2) is 12.1 Å². The van der Waals surface area contributed by atoms with Gasteiger partial charge in [-0.25, -0.2) is 4.79 Å². The van der Waals surface area contributed by atoms with Gasteiger partial charge in [-0.05, 0) is 12.1 Å². The third kappa shape index (κ3) is 2.94. The minimum Gasteiger partial charge on any atom is -0.486 e. The SMILES string of the molecule is O=C(N[C@@H](CO)C(=O)O)c1cc(Cl)c2c(c1)OCCO2. The van der Waals surface area contributed by atoms with Crippen molar-refractivity contribution in [2.75, 3.05) is 19.8 Å². The zero-order valence-electron chi connectivity index (χ0n) is 10.3. The van der Waals surface area contributed by atoms with Crippen LogP contribution in [0, 0.1) is 0 Å². The number of amides is 1. The lowest BCUT2D eigenvalue weighted by Crippen LogP contribution is -2.43. The molecule has 0 spiro atoms. The van der Waals surface area contributed by atoms with Crippen LogP contribution < -0.4 is 14.8 Å². The van der Waals surface area contributed by atoms with Gasteiger partial charge in [0.05, 0.1) is 11.6 Å². The van der Waals surface area contributed by atoms with E-state index in [2.05, 4.69) is 5.32 Å². The quantitative estimate of drug-likeness (QED) is 0.738. The molecular weight excluding hydrogens is 290 g/mol. The van der Waals surface area contributed by atoms with E-state index in [4.69, 9.17) is 31.3 Å². The first-order chi connectivity index (χ1) is 9.52. The van der Waals surface area contributed by atoms with Crippen LogP contribution >= 0.6 is 11.6 Å². The van der Waals surface area contributed by atoms with E-state index >= 15 is 0 Å². The van der Waals surface area contributed by atoms with E-state index in [-0.39, 0.29) is 10.6 Å². The Bertz CT molecular complexity index is 547. The van der Waals surface area contributed by atoms with Crippen LogP contribution in [0.2, 0.25) is 5.02 Å². The van der Waals surface area contributed by atoms with Crippen molar-refractivity contribution in [3.63, 3.8) is 0 Å². The summed E-state index contributed by atoms with van der Waals surface area (Å²) in [6.45, 7) is -0.00792. The second-order valence-electron chi connectivity index (χ2n) is 4.03. The third-order valence-electron chi connectivity index (χ3n) is 2.65. The Morgan fingerprint density at radius 1 is 1.35 bits per heavy atom. The van der Waals surface area contributed by atoms with Crippen LogP contribution in [0.25, 0.3) is 0 Å². The number of hydrogen-bond acceptors (Lipinski definition) is 5. The summed E-state index contributed by atoms with van der Waals surface area (Å²) >= 11 is 5.97. The van der Waals surface area contributed by atoms with Crippen LogP contribution in [-0.2, 0) is 4.79 Å². The molecule has 1 aliphatic heterocycles. The van der Waals surface area contributed by atoms with Crippen LogP contribution in [0.1, 0.15) is 10.4 Å². The van der Waals surface area contributed by atoms with E-state index in [1.54, 1.807) is 0 Å². The minimum atomic E-state index is -1.38. The van der Waals surface area contributed by atoms with Crippen molar-refractivity contribution in [2.24, 2.45) is 0 Å². The summed E-state index contributed by atoms with van der Waals surface area (Å²) in [5.74, 6) is -1.33. The Hall–Kier alpha value is -1.99. The molecule has 20 heavy (non-hydrogen) atoms. The molecule has 0 unspecified atom stereocenters. The fraction of sp³-hybridized carbons (Fsp3) is 0.333. The number of rotatable bonds is 4. The Balaban J connectivity index is 2.22. The van der Waals surface area contributed by atoms with Gasteiger partial charge in [0, 0.05) is 5.56 Å². The zero-order valence-corrected chi connectivity index (χ0v) is 11.0. The van der Waals surface area contributed by atoms with E-state index in [0.717, 1.165) is 0 Å². The molecule has 1 aliphatic rings. The van der Waals surface area contributed by atoms with E-state index in [0.29, 0.717) is 24.7 Å². The highest BCUT2D eigenvalue weighted by atomic mass is 35.5.